The molecular weight excluding hydrogens is 602 g/mol. The summed E-state index contributed by atoms with van der Waals surface area (Å²) in [6, 6.07) is 16.1. The standard InChI is InChI=1S/C25H27N3O4S.C11H14O2/c29-24(30)13-18(17-7-9-21-22(12-17)32-15-31-21)11-20-14-33-23(27-20)5-1-4-19-8-6-16-3-2-10-26-25(16)28-19;1-11(2,3)8-4-5-9-10(6-8)13-7-12-9/h6-9,12,14,18H,1-5,10-11,13,15H2,(H,26,28)(H,29,30);4-6H,7H2,1-3H3. The van der Waals surface area contributed by atoms with Crippen LogP contribution in [0.3, 0.4) is 0 Å². The number of aliphatic carboxylic acids is 1. The summed E-state index contributed by atoms with van der Waals surface area (Å²) in [7, 11) is 0. The molecular formula is C36H41N3O6S. The summed E-state index contributed by atoms with van der Waals surface area (Å²) in [5, 5.41) is 16.0. The molecule has 2 N–H and O–H groups in total. The van der Waals surface area contributed by atoms with Crippen molar-refractivity contribution in [2.24, 2.45) is 0 Å². The zero-order valence-corrected chi connectivity index (χ0v) is 27.5. The predicted molar refractivity (Wildman–Crippen MR) is 178 cm³/mol. The minimum atomic E-state index is -0.819. The van der Waals surface area contributed by atoms with E-state index in [2.05, 4.69) is 55.7 Å². The van der Waals surface area contributed by atoms with Crippen molar-refractivity contribution < 1.29 is 28.8 Å². The van der Waals surface area contributed by atoms with Gasteiger partial charge in [-0.3, -0.25) is 4.79 Å². The number of carbonyl (C=O) groups is 1. The molecule has 2 aromatic heterocycles. The highest BCUT2D eigenvalue weighted by molar-refractivity contribution is 7.09. The Morgan fingerprint density at radius 1 is 0.913 bits per heavy atom. The average molecular weight is 644 g/mol. The van der Waals surface area contributed by atoms with Crippen molar-refractivity contribution in [1.29, 1.82) is 0 Å². The van der Waals surface area contributed by atoms with Crippen LogP contribution >= 0.6 is 11.3 Å². The number of aryl methyl sites for hydroxylation is 3. The number of thiazole rings is 1. The Morgan fingerprint density at radius 3 is 2.41 bits per heavy atom. The number of anilines is 1. The Bertz CT molecular complexity index is 1680. The van der Waals surface area contributed by atoms with E-state index in [1.807, 2.05) is 24.3 Å². The number of rotatable bonds is 9. The second-order valence-corrected chi connectivity index (χ2v) is 13.8. The monoisotopic (exact) mass is 643 g/mol. The SMILES string of the molecule is CC(C)(C)c1ccc2c(c1)OCO2.O=C(O)CC(Cc1csc(CCCc2ccc3c(n2)NCCC3)n1)c1ccc2c(c1)OCO2. The summed E-state index contributed by atoms with van der Waals surface area (Å²) in [5.74, 6) is 3.16. The highest BCUT2D eigenvalue weighted by Gasteiger charge is 2.22. The van der Waals surface area contributed by atoms with E-state index in [0.29, 0.717) is 24.7 Å². The van der Waals surface area contributed by atoms with E-state index in [9.17, 15) is 9.90 Å². The average Bonchev–Trinajstić information content (AvgIpc) is 3.81. The lowest BCUT2D eigenvalue weighted by atomic mass is 9.87. The number of hydrogen-bond donors (Lipinski definition) is 2. The first-order chi connectivity index (χ1) is 22.2. The number of aromatic nitrogens is 2. The third-order valence-corrected chi connectivity index (χ3v) is 9.32. The third-order valence-electron chi connectivity index (χ3n) is 8.36. The van der Waals surface area contributed by atoms with E-state index >= 15 is 0 Å². The topological polar surface area (TPSA) is 112 Å². The van der Waals surface area contributed by atoms with Gasteiger partial charge in [0.15, 0.2) is 23.0 Å². The molecule has 2 aromatic carbocycles. The maximum atomic E-state index is 11.5. The molecule has 0 fully saturated rings. The molecule has 0 bridgehead atoms. The Balaban J connectivity index is 0.000000238. The highest BCUT2D eigenvalue weighted by atomic mass is 32.1. The van der Waals surface area contributed by atoms with Crippen molar-refractivity contribution in [3.63, 3.8) is 0 Å². The van der Waals surface area contributed by atoms with Gasteiger partial charge in [-0.25, -0.2) is 9.97 Å². The van der Waals surface area contributed by atoms with Gasteiger partial charge in [0.25, 0.3) is 0 Å². The fourth-order valence-corrected chi connectivity index (χ4v) is 6.64. The Labute approximate surface area is 273 Å². The molecule has 0 amide bonds. The van der Waals surface area contributed by atoms with Gasteiger partial charge in [0.2, 0.25) is 13.6 Å². The minimum Gasteiger partial charge on any atom is -0.481 e. The number of hydrogen-bond acceptors (Lipinski definition) is 9. The Kier molecular flexibility index (Phi) is 9.63. The van der Waals surface area contributed by atoms with E-state index < -0.39 is 5.97 Å². The van der Waals surface area contributed by atoms with Gasteiger partial charge in [-0.05, 0) is 91.0 Å². The van der Waals surface area contributed by atoms with Crippen LogP contribution in [0.1, 0.15) is 79.0 Å². The van der Waals surface area contributed by atoms with Gasteiger partial charge in [-0.15, -0.1) is 11.3 Å². The number of carboxylic acids is 1. The summed E-state index contributed by atoms with van der Waals surface area (Å²) in [4.78, 5) is 21.1. The first-order valence-electron chi connectivity index (χ1n) is 15.9. The lowest BCUT2D eigenvalue weighted by Gasteiger charge is -2.18. The number of ether oxygens (including phenoxy) is 4. The first kappa shape index (κ1) is 31.7. The summed E-state index contributed by atoms with van der Waals surface area (Å²) >= 11 is 1.65. The molecule has 1 unspecified atom stereocenters. The molecule has 46 heavy (non-hydrogen) atoms. The van der Waals surface area contributed by atoms with Crippen LogP contribution in [0.4, 0.5) is 5.82 Å². The molecule has 4 aromatic rings. The van der Waals surface area contributed by atoms with Crippen LogP contribution in [0, 0.1) is 0 Å². The van der Waals surface area contributed by atoms with Gasteiger partial charge < -0.3 is 29.4 Å². The van der Waals surface area contributed by atoms with Crippen molar-refractivity contribution in [2.45, 2.75) is 77.0 Å². The number of nitrogens with zero attached hydrogens (tertiary/aromatic N) is 2. The molecule has 242 valence electrons. The zero-order valence-electron chi connectivity index (χ0n) is 26.6. The number of nitrogens with one attached hydrogen (secondary N) is 1. The van der Waals surface area contributed by atoms with Crippen molar-refractivity contribution in [3.05, 3.63) is 87.0 Å². The number of carboxylic acid groups (broad SMARTS) is 1. The number of benzene rings is 2. The van der Waals surface area contributed by atoms with E-state index in [4.69, 9.17) is 28.9 Å². The van der Waals surface area contributed by atoms with E-state index in [1.54, 1.807) is 11.3 Å². The lowest BCUT2D eigenvalue weighted by Crippen LogP contribution is -2.14. The summed E-state index contributed by atoms with van der Waals surface area (Å²) in [5.41, 5.74) is 5.74. The van der Waals surface area contributed by atoms with Gasteiger partial charge in [0.1, 0.15) is 5.82 Å². The van der Waals surface area contributed by atoms with Crippen molar-refractivity contribution in [2.75, 3.05) is 25.4 Å². The van der Waals surface area contributed by atoms with E-state index in [0.717, 1.165) is 71.5 Å². The Hall–Kier alpha value is -4.31. The molecule has 9 nitrogen and oxygen atoms in total. The van der Waals surface area contributed by atoms with Gasteiger partial charge in [0.05, 0.1) is 17.1 Å². The van der Waals surface area contributed by atoms with Crippen molar-refractivity contribution >= 4 is 23.1 Å². The molecule has 0 aliphatic carbocycles. The first-order valence-corrected chi connectivity index (χ1v) is 16.8. The molecule has 1 atom stereocenters. The van der Waals surface area contributed by atoms with Crippen LogP contribution in [-0.4, -0.2) is 41.2 Å². The summed E-state index contributed by atoms with van der Waals surface area (Å²) in [6.45, 7) is 8.11. The quantitative estimate of drug-likeness (QED) is 0.194. The second kappa shape index (κ2) is 14.0. The summed E-state index contributed by atoms with van der Waals surface area (Å²) in [6.07, 6.45) is 5.70. The van der Waals surface area contributed by atoms with Gasteiger partial charge in [-0.1, -0.05) is 39.0 Å². The fourth-order valence-electron chi connectivity index (χ4n) is 5.79. The molecule has 0 saturated heterocycles. The smallest absolute Gasteiger partial charge is 0.303 e. The zero-order chi connectivity index (χ0) is 32.1. The summed E-state index contributed by atoms with van der Waals surface area (Å²) < 4.78 is 21.4. The van der Waals surface area contributed by atoms with Crippen molar-refractivity contribution in [1.82, 2.24) is 9.97 Å². The van der Waals surface area contributed by atoms with E-state index in [-0.39, 0.29) is 24.5 Å². The largest absolute Gasteiger partial charge is 0.481 e. The Morgan fingerprint density at radius 2 is 1.65 bits per heavy atom. The maximum Gasteiger partial charge on any atom is 0.303 e. The van der Waals surface area contributed by atoms with Crippen LogP contribution < -0.4 is 24.3 Å². The van der Waals surface area contributed by atoms with Crippen LogP contribution in [0.15, 0.2) is 53.9 Å². The molecule has 10 heteroatoms. The maximum absolute atomic E-state index is 11.5. The fraction of sp³-hybridized carbons (Fsp3) is 0.417. The molecule has 3 aliphatic rings. The number of pyridine rings is 1. The second-order valence-electron chi connectivity index (χ2n) is 12.9. The highest BCUT2D eigenvalue weighted by Crippen LogP contribution is 2.37. The third kappa shape index (κ3) is 7.91. The van der Waals surface area contributed by atoms with Crippen LogP contribution in [0.25, 0.3) is 0 Å². The van der Waals surface area contributed by atoms with Gasteiger partial charge >= 0.3 is 5.97 Å². The van der Waals surface area contributed by atoms with E-state index in [1.165, 1.54) is 17.5 Å². The molecule has 5 heterocycles. The van der Waals surface area contributed by atoms with Crippen molar-refractivity contribution in [3.8, 4) is 23.0 Å². The molecule has 0 spiro atoms. The minimum absolute atomic E-state index is 0.0462. The number of fused-ring (bicyclic) bond motifs is 3. The lowest BCUT2D eigenvalue weighted by molar-refractivity contribution is -0.137. The normalized spacial score (nSPS) is 14.9. The molecule has 0 saturated carbocycles. The van der Waals surface area contributed by atoms with Crippen LogP contribution in [-0.2, 0) is 35.9 Å². The molecule has 0 radical (unpaired) electrons. The van der Waals surface area contributed by atoms with Crippen LogP contribution in [0.2, 0.25) is 0 Å². The van der Waals surface area contributed by atoms with Crippen LogP contribution in [0.5, 0.6) is 23.0 Å². The molecule has 7 rings (SSSR count). The van der Waals surface area contributed by atoms with Gasteiger partial charge in [-0.2, -0.15) is 0 Å². The van der Waals surface area contributed by atoms with Gasteiger partial charge in [0, 0.05) is 23.5 Å². The molecule has 3 aliphatic heterocycles. The predicted octanol–water partition coefficient (Wildman–Crippen LogP) is 7.31.